The van der Waals surface area contributed by atoms with Crippen LogP contribution in [0.15, 0.2) is 35.5 Å². The summed E-state index contributed by atoms with van der Waals surface area (Å²) in [6.45, 7) is 8.29. The van der Waals surface area contributed by atoms with Gasteiger partial charge in [-0.15, -0.1) is 0 Å². The van der Waals surface area contributed by atoms with Crippen LogP contribution >= 0.6 is 0 Å². The van der Waals surface area contributed by atoms with Gasteiger partial charge >= 0.3 is 17.9 Å². The first-order valence-corrected chi connectivity index (χ1v) is 10.2. The van der Waals surface area contributed by atoms with Crippen LogP contribution in [0.25, 0.3) is 0 Å². The SMILES string of the molecule is C=C1C(=O)OC2/C=C(/CO)C3OC3C3OC3(C)CC(OC(=O)C(C)=CCOC(C)=O)C12. The van der Waals surface area contributed by atoms with Crippen molar-refractivity contribution in [3.05, 3.63) is 35.5 Å². The first kappa shape index (κ1) is 21.7. The van der Waals surface area contributed by atoms with Gasteiger partial charge in [0.25, 0.3) is 0 Å². The lowest BCUT2D eigenvalue weighted by Gasteiger charge is -2.28. The van der Waals surface area contributed by atoms with Gasteiger partial charge in [-0.3, -0.25) is 4.79 Å². The molecular formula is C22H26O9. The van der Waals surface area contributed by atoms with Crippen LogP contribution in [0.1, 0.15) is 27.2 Å². The van der Waals surface area contributed by atoms with Gasteiger partial charge in [-0.2, -0.15) is 0 Å². The number of rotatable bonds is 5. The highest BCUT2D eigenvalue weighted by molar-refractivity contribution is 5.92. The third-order valence-corrected chi connectivity index (χ3v) is 6.22. The third kappa shape index (κ3) is 4.17. The molecule has 168 valence electrons. The number of aliphatic hydroxyl groups is 1. The monoisotopic (exact) mass is 434 g/mol. The van der Waals surface area contributed by atoms with Crippen LogP contribution in [0, 0.1) is 5.92 Å². The summed E-state index contributed by atoms with van der Waals surface area (Å²) < 4.78 is 27.7. The summed E-state index contributed by atoms with van der Waals surface area (Å²) in [5.41, 5.74) is 0.465. The van der Waals surface area contributed by atoms with Gasteiger partial charge in [0.15, 0.2) is 0 Å². The van der Waals surface area contributed by atoms with Crippen LogP contribution in [-0.4, -0.2) is 72.3 Å². The van der Waals surface area contributed by atoms with Crippen molar-refractivity contribution in [2.45, 2.75) is 63.3 Å². The Morgan fingerprint density at radius 1 is 1.39 bits per heavy atom. The van der Waals surface area contributed by atoms with Crippen molar-refractivity contribution in [3.63, 3.8) is 0 Å². The molecule has 9 heteroatoms. The number of fused-ring (bicyclic) bond motifs is 4. The van der Waals surface area contributed by atoms with Gasteiger partial charge in [-0.25, -0.2) is 9.59 Å². The molecule has 3 fully saturated rings. The summed E-state index contributed by atoms with van der Waals surface area (Å²) in [7, 11) is 0. The van der Waals surface area contributed by atoms with Gasteiger partial charge in [0.2, 0.25) is 0 Å². The Morgan fingerprint density at radius 3 is 2.81 bits per heavy atom. The smallest absolute Gasteiger partial charge is 0.334 e. The van der Waals surface area contributed by atoms with E-state index in [4.69, 9.17) is 23.7 Å². The largest absolute Gasteiger partial charge is 0.462 e. The van der Waals surface area contributed by atoms with Crippen LogP contribution in [-0.2, 0) is 38.1 Å². The fourth-order valence-electron chi connectivity index (χ4n) is 4.36. The van der Waals surface area contributed by atoms with Crippen molar-refractivity contribution >= 4 is 17.9 Å². The molecule has 0 spiro atoms. The maximum Gasteiger partial charge on any atom is 0.334 e. The second-order valence-corrected chi connectivity index (χ2v) is 8.53. The Labute approximate surface area is 179 Å². The molecule has 31 heavy (non-hydrogen) atoms. The van der Waals surface area contributed by atoms with Crippen LogP contribution in [0.5, 0.6) is 0 Å². The molecular weight excluding hydrogens is 408 g/mol. The molecule has 7 unspecified atom stereocenters. The minimum Gasteiger partial charge on any atom is -0.462 e. The molecule has 0 radical (unpaired) electrons. The summed E-state index contributed by atoms with van der Waals surface area (Å²) in [6.07, 6.45) is 1.28. The molecule has 3 aliphatic heterocycles. The number of ether oxygens (including phenoxy) is 5. The molecule has 0 aromatic carbocycles. The molecule has 0 aromatic rings. The van der Waals surface area contributed by atoms with Gasteiger partial charge in [0.05, 0.1) is 18.1 Å². The van der Waals surface area contributed by atoms with E-state index in [1.807, 2.05) is 6.92 Å². The first-order chi connectivity index (χ1) is 14.6. The van der Waals surface area contributed by atoms with Crippen LogP contribution < -0.4 is 0 Å². The van der Waals surface area contributed by atoms with Gasteiger partial charge in [0, 0.05) is 24.5 Å². The zero-order valence-electron chi connectivity index (χ0n) is 17.7. The zero-order chi connectivity index (χ0) is 22.5. The fraction of sp³-hybridized carbons (Fsp3) is 0.591. The van der Waals surface area contributed by atoms with Crippen molar-refractivity contribution in [2.75, 3.05) is 13.2 Å². The molecule has 9 nitrogen and oxygen atoms in total. The van der Waals surface area contributed by atoms with Crippen LogP contribution in [0.4, 0.5) is 0 Å². The van der Waals surface area contributed by atoms with E-state index < -0.39 is 41.6 Å². The van der Waals surface area contributed by atoms with E-state index in [-0.39, 0.29) is 42.7 Å². The lowest BCUT2D eigenvalue weighted by Crippen LogP contribution is -2.38. The highest BCUT2D eigenvalue weighted by Crippen LogP contribution is 2.53. The second-order valence-electron chi connectivity index (χ2n) is 8.53. The highest BCUT2D eigenvalue weighted by Gasteiger charge is 2.67. The van der Waals surface area contributed by atoms with E-state index in [9.17, 15) is 19.5 Å². The number of hydrogen-bond acceptors (Lipinski definition) is 9. The number of esters is 3. The molecule has 4 aliphatic rings. The molecule has 1 aliphatic carbocycles. The van der Waals surface area contributed by atoms with Crippen molar-refractivity contribution < 1.29 is 43.2 Å². The Kier molecular flexibility index (Phi) is 5.53. The molecule has 0 aromatic heterocycles. The number of carbonyl (C=O) groups excluding carboxylic acids is 3. The third-order valence-electron chi connectivity index (χ3n) is 6.22. The maximum absolute atomic E-state index is 12.7. The lowest BCUT2D eigenvalue weighted by molar-refractivity contribution is -0.148. The standard InChI is InChI=1S/C22H26O9/c1-10(5-6-27-12(3)24)20(25)29-15-8-22(4)19(31-22)18-17(30-18)13(9-23)7-14-16(15)11(2)21(26)28-14/h5,7,14-19,23H,2,6,8-9H2,1,3-4H3/b10-5?,13-7-. The highest BCUT2D eigenvalue weighted by atomic mass is 16.7. The summed E-state index contributed by atoms with van der Waals surface area (Å²) in [5, 5.41) is 9.81. The molecule has 3 saturated heterocycles. The number of aliphatic hydroxyl groups excluding tert-OH is 1. The minimum atomic E-state index is -0.755. The summed E-state index contributed by atoms with van der Waals surface area (Å²) >= 11 is 0. The molecule has 0 bridgehead atoms. The average molecular weight is 434 g/mol. The Hall–Kier alpha value is -2.49. The lowest BCUT2D eigenvalue weighted by atomic mass is 9.82. The number of hydrogen-bond donors (Lipinski definition) is 1. The quantitative estimate of drug-likeness (QED) is 0.219. The maximum atomic E-state index is 12.7. The van der Waals surface area contributed by atoms with Crippen LogP contribution in [0.2, 0.25) is 0 Å². The van der Waals surface area contributed by atoms with E-state index in [2.05, 4.69) is 6.58 Å². The summed E-state index contributed by atoms with van der Waals surface area (Å²) in [6, 6.07) is 0. The van der Waals surface area contributed by atoms with Crippen molar-refractivity contribution in [1.29, 1.82) is 0 Å². The number of epoxide rings is 2. The molecule has 3 heterocycles. The molecule has 0 saturated carbocycles. The first-order valence-electron chi connectivity index (χ1n) is 10.2. The zero-order valence-corrected chi connectivity index (χ0v) is 17.7. The fourth-order valence-corrected chi connectivity index (χ4v) is 4.36. The van der Waals surface area contributed by atoms with E-state index in [1.54, 1.807) is 13.0 Å². The topological polar surface area (TPSA) is 124 Å². The van der Waals surface area contributed by atoms with Crippen molar-refractivity contribution in [2.24, 2.45) is 5.92 Å². The minimum absolute atomic E-state index is 0.0484. The second kappa shape index (κ2) is 7.89. The molecule has 0 amide bonds. The molecule has 1 N–H and O–H groups in total. The van der Waals surface area contributed by atoms with Gasteiger partial charge < -0.3 is 28.8 Å². The molecule has 7 atom stereocenters. The summed E-state index contributed by atoms with van der Waals surface area (Å²) in [5.74, 6) is -2.26. The van der Waals surface area contributed by atoms with Gasteiger partial charge in [-0.1, -0.05) is 6.58 Å². The Balaban J connectivity index is 1.60. The Bertz CT molecular complexity index is 887. The van der Waals surface area contributed by atoms with E-state index in [0.717, 1.165) is 0 Å². The van der Waals surface area contributed by atoms with E-state index in [0.29, 0.717) is 12.0 Å². The van der Waals surface area contributed by atoms with E-state index >= 15 is 0 Å². The van der Waals surface area contributed by atoms with Crippen molar-refractivity contribution in [3.8, 4) is 0 Å². The van der Waals surface area contributed by atoms with Gasteiger partial charge in [-0.05, 0) is 31.6 Å². The number of carbonyl (C=O) groups is 3. The molecule has 4 rings (SSSR count). The predicted molar refractivity (Wildman–Crippen MR) is 105 cm³/mol. The van der Waals surface area contributed by atoms with Gasteiger partial charge in [0.1, 0.15) is 37.1 Å². The predicted octanol–water partition coefficient (Wildman–Crippen LogP) is 0.753. The average Bonchev–Trinajstić information content (AvgIpc) is 3.58. The van der Waals surface area contributed by atoms with E-state index in [1.165, 1.54) is 13.0 Å². The van der Waals surface area contributed by atoms with Crippen LogP contribution in [0.3, 0.4) is 0 Å². The Morgan fingerprint density at radius 2 is 2.13 bits per heavy atom. The summed E-state index contributed by atoms with van der Waals surface area (Å²) in [4.78, 5) is 35.9. The van der Waals surface area contributed by atoms with Crippen molar-refractivity contribution in [1.82, 2.24) is 0 Å². The normalized spacial score (nSPS) is 40.4.